The summed E-state index contributed by atoms with van der Waals surface area (Å²) in [5.41, 5.74) is 2.85. The molecule has 7 heteroatoms. The third kappa shape index (κ3) is 5.01. The van der Waals surface area contributed by atoms with Crippen molar-refractivity contribution < 1.29 is 8.42 Å². The highest BCUT2D eigenvalue weighted by atomic mass is 32.2. The van der Waals surface area contributed by atoms with Crippen molar-refractivity contribution in [2.75, 3.05) is 6.54 Å². The van der Waals surface area contributed by atoms with Crippen LogP contribution in [0.1, 0.15) is 43.4 Å². The lowest BCUT2D eigenvalue weighted by Crippen LogP contribution is -2.26. The summed E-state index contributed by atoms with van der Waals surface area (Å²) in [5, 5.41) is 6.49. The van der Waals surface area contributed by atoms with E-state index in [1.165, 1.54) is 22.5 Å². The van der Waals surface area contributed by atoms with Crippen LogP contribution < -0.4 is 4.72 Å². The number of sulfonamides is 1. The highest BCUT2D eigenvalue weighted by Crippen LogP contribution is 2.31. The highest BCUT2D eigenvalue weighted by molar-refractivity contribution is 7.89. The summed E-state index contributed by atoms with van der Waals surface area (Å²) in [5.74, 6) is 0.107. The smallest absolute Gasteiger partial charge is 0.244 e. The fraction of sp³-hybridized carbons (Fsp3) is 0.240. The largest absolute Gasteiger partial charge is 0.268 e. The van der Waals surface area contributed by atoms with Gasteiger partial charge in [-0.05, 0) is 42.8 Å². The lowest BCUT2D eigenvalue weighted by Gasteiger charge is -2.18. The average Bonchev–Trinajstić information content (AvgIpc) is 3.48. The molecule has 166 valence electrons. The van der Waals surface area contributed by atoms with Crippen molar-refractivity contribution in [3.8, 4) is 10.6 Å². The maximum absolute atomic E-state index is 13.3. The third-order valence-electron chi connectivity index (χ3n) is 5.40. The van der Waals surface area contributed by atoms with Crippen molar-refractivity contribution in [3.63, 3.8) is 0 Å². The van der Waals surface area contributed by atoms with Crippen LogP contribution in [0.5, 0.6) is 0 Å². The molecule has 5 nitrogen and oxygen atoms in total. The number of benzene rings is 2. The van der Waals surface area contributed by atoms with Crippen molar-refractivity contribution in [1.82, 2.24) is 14.5 Å². The Morgan fingerprint density at radius 2 is 1.56 bits per heavy atom. The zero-order chi connectivity index (χ0) is 22.6. The Bertz CT molecular complexity index is 1190. The molecule has 0 radical (unpaired) electrons. The van der Waals surface area contributed by atoms with E-state index in [0.717, 1.165) is 4.88 Å². The van der Waals surface area contributed by atoms with Crippen LogP contribution in [0.3, 0.4) is 0 Å². The van der Waals surface area contributed by atoms with Crippen molar-refractivity contribution >= 4 is 21.4 Å². The van der Waals surface area contributed by atoms with Gasteiger partial charge in [0.15, 0.2) is 0 Å². The molecule has 0 saturated carbocycles. The Morgan fingerprint density at radius 3 is 2.09 bits per heavy atom. The second-order valence-electron chi connectivity index (χ2n) is 7.95. The molecule has 2 heterocycles. The van der Waals surface area contributed by atoms with Gasteiger partial charge >= 0.3 is 0 Å². The van der Waals surface area contributed by atoms with Crippen molar-refractivity contribution in [2.45, 2.75) is 37.1 Å². The molecule has 4 aromatic rings. The molecule has 0 atom stereocenters. The molecule has 0 aliphatic carbocycles. The standard InChI is InChI=1S/C25H27N3O2S2/c1-19(2)28-18-24(25(27-28)23-14-9-17-31-23)32(29,30)26-16-15-22(20-10-5-3-6-11-20)21-12-7-4-8-13-21/h3-14,17-19,22,26H,15-16H2,1-2H3. The Hall–Kier alpha value is -2.74. The van der Waals surface area contributed by atoms with Gasteiger partial charge in [-0.1, -0.05) is 66.7 Å². The normalized spacial score (nSPS) is 12.0. The number of nitrogens with zero attached hydrogens (tertiary/aromatic N) is 2. The zero-order valence-corrected chi connectivity index (χ0v) is 19.8. The Labute approximate surface area is 193 Å². The van der Waals surface area contributed by atoms with Gasteiger partial charge in [0.1, 0.15) is 10.6 Å². The number of hydrogen-bond donors (Lipinski definition) is 1. The Morgan fingerprint density at radius 1 is 0.938 bits per heavy atom. The first-order valence-electron chi connectivity index (χ1n) is 10.7. The summed E-state index contributed by atoms with van der Waals surface area (Å²) < 4.78 is 31.1. The maximum atomic E-state index is 13.3. The lowest BCUT2D eigenvalue weighted by atomic mass is 9.89. The summed E-state index contributed by atoms with van der Waals surface area (Å²) >= 11 is 1.49. The highest BCUT2D eigenvalue weighted by Gasteiger charge is 2.25. The molecule has 0 saturated heterocycles. The minimum Gasteiger partial charge on any atom is -0.268 e. The van der Waals surface area contributed by atoms with E-state index in [2.05, 4.69) is 34.1 Å². The number of aromatic nitrogens is 2. The first kappa shape index (κ1) is 22.5. The van der Waals surface area contributed by atoms with Crippen LogP contribution >= 0.6 is 11.3 Å². The topological polar surface area (TPSA) is 64.0 Å². The molecule has 32 heavy (non-hydrogen) atoms. The second kappa shape index (κ2) is 9.81. The third-order valence-corrected chi connectivity index (χ3v) is 7.74. The Balaban J connectivity index is 1.57. The van der Waals surface area contributed by atoms with Crippen LogP contribution in [0.25, 0.3) is 10.6 Å². The summed E-state index contributed by atoms with van der Waals surface area (Å²) in [7, 11) is -3.72. The van der Waals surface area contributed by atoms with E-state index in [9.17, 15) is 8.42 Å². The molecular formula is C25H27N3O2S2. The predicted molar refractivity (Wildman–Crippen MR) is 130 cm³/mol. The zero-order valence-electron chi connectivity index (χ0n) is 18.2. The van der Waals surface area contributed by atoms with E-state index in [1.54, 1.807) is 10.9 Å². The van der Waals surface area contributed by atoms with Crippen molar-refractivity contribution in [3.05, 3.63) is 95.5 Å². The SMILES string of the molecule is CC(C)n1cc(S(=O)(=O)NCCC(c2ccccc2)c2ccccc2)c(-c2cccs2)n1. The van der Waals surface area contributed by atoms with Gasteiger partial charge in [-0.25, -0.2) is 13.1 Å². The maximum Gasteiger partial charge on any atom is 0.244 e. The van der Waals surface area contributed by atoms with E-state index in [1.807, 2.05) is 67.8 Å². The van der Waals surface area contributed by atoms with Crippen LogP contribution in [-0.4, -0.2) is 24.7 Å². The van der Waals surface area contributed by atoms with Crippen molar-refractivity contribution in [2.24, 2.45) is 0 Å². The lowest BCUT2D eigenvalue weighted by molar-refractivity contribution is 0.532. The van der Waals surface area contributed by atoms with E-state index in [4.69, 9.17) is 0 Å². The molecule has 0 aliphatic rings. The van der Waals surface area contributed by atoms with Gasteiger partial charge in [0.05, 0.1) is 4.88 Å². The minimum absolute atomic E-state index is 0.0678. The molecule has 0 amide bonds. The van der Waals surface area contributed by atoms with Crippen LogP contribution in [0.4, 0.5) is 0 Å². The van der Waals surface area contributed by atoms with E-state index < -0.39 is 10.0 Å². The van der Waals surface area contributed by atoms with E-state index >= 15 is 0 Å². The van der Waals surface area contributed by atoms with Gasteiger partial charge < -0.3 is 0 Å². The molecular weight excluding hydrogens is 438 g/mol. The van der Waals surface area contributed by atoms with Crippen molar-refractivity contribution in [1.29, 1.82) is 0 Å². The fourth-order valence-electron chi connectivity index (χ4n) is 3.73. The molecule has 2 aromatic heterocycles. The molecule has 4 rings (SSSR count). The molecule has 2 aromatic carbocycles. The predicted octanol–water partition coefficient (Wildman–Crippen LogP) is 5.69. The molecule has 1 N–H and O–H groups in total. The quantitative estimate of drug-likeness (QED) is 0.345. The van der Waals surface area contributed by atoms with Crippen LogP contribution in [0.2, 0.25) is 0 Å². The van der Waals surface area contributed by atoms with E-state index in [0.29, 0.717) is 18.7 Å². The Kier molecular flexibility index (Phi) is 6.89. The summed E-state index contributed by atoms with van der Waals surface area (Å²) in [6.07, 6.45) is 2.29. The molecule has 0 fully saturated rings. The summed E-state index contributed by atoms with van der Waals surface area (Å²) in [6.45, 7) is 4.30. The summed E-state index contributed by atoms with van der Waals surface area (Å²) in [6, 6.07) is 24.3. The number of thiophene rings is 1. The fourth-order valence-corrected chi connectivity index (χ4v) is 5.71. The van der Waals surface area contributed by atoms with Crippen LogP contribution in [0.15, 0.2) is 89.3 Å². The number of rotatable bonds is 9. The van der Waals surface area contributed by atoms with Gasteiger partial charge in [0, 0.05) is 24.7 Å². The molecule has 0 unspecified atom stereocenters. The first-order valence-corrected chi connectivity index (χ1v) is 13.0. The van der Waals surface area contributed by atoms with Crippen LogP contribution in [0, 0.1) is 0 Å². The van der Waals surface area contributed by atoms with Gasteiger partial charge in [-0.3, -0.25) is 4.68 Å². The van der Waals surface area contributed by atoms with Gasteiger partial charge in [-0.15, -0.1) is 11.3 Å². The molecule has 0 bridgehead atoms. The number of nitrogens with one attached hydrogen (secondary N) is 1. The molecule has 0 spiro atoms. The summed E-state index contributed by atoms with van der Waals surface area (Å²) in [4.78, 5) is 1.07. The second-order valence-corrected chi connectivity index (χ2v) is 10.6. The molecule has 0 aliphatic heterocycles. The van der Waals surface area contributed by atoms with Gasteiger partial charge in [0.2, 0.25) is 10.0 Å². The van der Waals surface area contributed by atoms with Crippen LogP contribution in [-0.2, 0) is 10.0 Å². The monoisotopic (exact) mass is 465 g/mol. The minimum atomic E-state index is -3.72. The van der Waals surface area contributed by atoms with E-state index in [-0.39, 0.29) is 16.9 Å². The van der Waals surface area contributed by atoms with Gasteiger partial charge in [-0.2, -0.15) is 5.10 Å². The van der Waals surface area contributed by atoms with Gasteiger partial charge in [0.25, 0.3) is 0 Å². The average molecular weight is 466 g/mol. The number of hydrogen-bond acceptors (Lipinski definition) is 4. The first-order chi connectivity index (χ1) is 15.5.